The van der Waals surface area contributed by atoms with E-state index in [9.17, 15) is 14.0 Å². The third kappa shape index (κ3) is 3.27. The maximum absolute atomic E-state index is 13.4. The predicted octanol–water partition coefficient (Wildman–Crippen LogP) is 0.818. The van der Waals surface area contributed by atoms with Crippen LogP contribution in [0.25, 0.3) is 0 Å². The van der Waals surface area contributed by atoms with Gasteiger partial charge in [0.1, 0.15) is 5.82 Å². The van der Waals surface area contributed by atoms with Gasteiger partial charge in [0.2, 0.25) is 5.91 Å². The zero-order valence-electron chi connectivity index (χ0n) is 13.5. The molecule has 0 saturated carbocycles. The van der Waals surface area contributed by atoms with E-state index in [1.807, 2.05) is 0 Å². The number of likely N-dealkylation sites (tertiary alicyclic amines) is 1. The maximum atomic E-state index is 13.4. The Morgan fingerprint density at radius 1 is 1.46 bits per heavy atom. The number of nitrogens with one attached hydrogen (secondary N) is 1. The van der Waals surface area contributed by atoms with Crippen LogP contribution in [0.4, 0.5) is 4.39 Å². The van der Waals surface area contributed by atoms with Gasteiger partial charge in [-0.3, -0.25) is 9.59 Å². The highest BCUT2D eigenvalue weighted by Crippen LogP contribution is 2.34. The van der Waals surface area contributed by atoms with Crippen molar-refractivity contribution in [1.29, 1.82) is 0 Å². The molecule has 0 aromatic heterocycles. The van der Waals surface area contributed by atoms with Crippen molar-refractivity contribution >= 4 is 11.8 Å². The van der Waals surface area contributed by atoms with E-state index in [0.717, 1.165) is 0 Å². The van der Waals surface area contributed by atoms with Crippen molar-refractivity contribution in [3.8, 4) is 0 Å². The summed E-state index contributed by atoms with van der Waals surface area (Å²) in [6.07, 6.45) is 0.387. The third-order valence-corrected chi connectivity index (χ3v) is 4.57. The molecule has 0 unspecified atom stereocenters. The molecule has 24 heavy (non-hydrogen) atoms. The van der Waals surface area contributed by atoms with Gasteiger partial charge in [-0.05, 0) is 24.6 Å². The number of ether oxygens (including phenoxy) is 2. The summed E-state index contributed by atoms with van der Waals surface area (Å²) < 4.78 is 24.0. The Morgan fingerprint density at radius 3 is 3.04 bits per heavy atom. The van der Waals surface area contributed by atoms with Crippen LogP contribution in [0.1, 0.15) is 16.8 Å². The van der Waals surface area contributed by atoms with Crippen molar-refractivity contribution in [2.45, 2.75) is 18.6 Å². The molecule has 2 aliphatic heterocycles. The van der Waals surface area contributed by atoms with Crippen molar-refractivity contribution in [3.63, 3.8) is 0 Å². The summed E-state index contributed by atoms with van der Waals surface area (Å²) in [5, 5.41) is 2.80. The van der Waals surface area contributed by atoms with Gasteiger partial charge in [-0.15, -0.1) is 0 Å². The number of amides is 2. The summed E-state index contributed by atoms with van der Waals surface area (Å²) in [5.41, 5.74) is 0.293. The average molecular weight is 336 g/mol. The van der Waals surface area contributed by atoms with E-state index in [2.05, 4.69) is 5.32 Å². The van der Waals surface area contributed by atoms with Crippen molar-refractivity contribution in [3.05, 3.63) is 35.6 Å². The fraction of sp³-hybridized carbons (Fsp3) is 0.529. The molecule has 130 valence electrons. The van der Waals surface area contributed by atoms with Gasteiger partial charge in [0.25, 0.3) is 5.91 Å². The zero-order valence-corrected chi connectivity index (χ0v) is 13.5. The molecule has 0 bridgehead atoms. The van der Waals surface area contributed by atoms with Gasteiger partial charge >= 0.3 is 0 Å². The Morgan fingerprint density at radius 2 is 2.29 bits per heavy atom. The fourth-order valence-electron chi connectivity index (χ4n) is 3.43. The van der Waals surface area contributed by atoms with Crippen LogP contribution in [0.5, 0.6) is 0 Å². The van der Waals surface area contributed by atoms with E-state index in [0.29, 0.717) is 31.7 Å². The van der Waals surface area contributed by atoms with Crippen LogP contribution in [0.15, 0.2) is 24.3 Å². The highest BCUT2D eigenvalue weighted by atomic mass is 19.1. The molecule has 3 rings (SSSR count). The molecule has 0 radical (unpaired) electrons. The highest BCUT2D eigenvalue weighted by molar-refractivity contribution is 5.95. The lowest BCUT2D eigenvalue weighted by Crippen LogP contribution is -2.39. The number of hydrogen-bond donors (Lipinski definition) is 1. The van der Waals surface area contributed by atoms with Crippen molar-refractivity contribution in [2.24, 2.45) is 5.92 Å². The number of methoxy groups -OCH3 is 1. The monoisotopic (exact) mass is 336 g/mol. The standard InChI is InChI=1S/C17H21FN2O4/c1-23-8-6-19-16(21)13-10-20(14-5-7-24-15(13)14)17(22)11-3-2-4-12(18)9-11/h2-4,9,13-15H,5-8,10H2,1H3,(H,19,21)/t13-,14+,15+/m0/s1. The van der Waals surface area contributed by atoms with Gasteiger partial charge in [-0.25, -0.2) is 4.39 Å². The first-order chi connectivity index (χ1) is 11.6. The van der Waals surface area contributed by atoms with Crippen LogP contribution in [0.3, 0.4) is 0 Å². The third-order valence-electron chi connectivity index (χ3n) is 4.57. The molecule has 2 fully saturated rings. The quantitative estimate of drug-likeness (QED) is 0.809. The smallest absolute Gasteiger partial charge is 0.254 e. The van der Waals surface area contributed by atoms with Crippen LogP contribution in [-0.4, -0.2) is 62.3 Å². The Kier molecular flexibility index (Phi) is 5.11. The number of nitrogens with zero attached hydrogens (tertiary/aromatic N) is 1. The number of benzene rings is 1. The molecule has 2 aliphatic rings. The van der Waals surface area contributed by atoms with Gasteiger partial charge in [0.05, 0.1) is 24.7 Å². The van der Waals surface area contributed by atoms with Gasteiger partial charge in [0, 0.05) is 32.4 Å². The summed E-state index contributed by atoms with van der Waals surface area (Å²) >= 11 is 0. The minimum atomic E-state index is -0.451. The van der Waals surface area contributed by atoms with Gasteiger partial charge in [-0.1, -0.05) is 6.07 Å². The van der Waals surface area contributed by atoms with E-state index in [4.69, 9.17) is 9.47 Å². The Hall–Kier alpha value is -1.99. The SMILES string of the molecule is COCCNC(=O)[C@H]1CN(C(=O)c2cccc(F)c2)[C@@H]2CCO[C@H]12. The van der Waals surface area contributed by atoms with Crippen molar-refractivity contribution in [1.82, 2.24) is 10.2 Å². The number of rotatable bonds is 5. The summed E-state index contributed by atoms with van der Waals surface area (Å²) in [5.74, 6) is -1.26. The second-order valence-electron chi connectivity index (χ2n) is 6.05. The number of halogens is 1. The lowest BCUT2D eigenvalue weighted by atomic mass is 10.0. The van der Waals surface area contributed by atoms with Gasteiger partial charge in [0.15, 0.2) is 0 Å². The van der Waals surface area contributed by atoms with E-state index < -0.39 is 11.7 Å². The first-order valence-electron chi connectivity index (χ1n) is 8.06. The molecule has 1 aromatic carbocycles. The van der Waals surface area contributed by atoms with Crippen molar-refractivity contribution in [2.75, 3.05) is 33.4 Å². The lowest BCUT2D eigenvalue weighted by Gasteiger charge is -2.22. The second-order valence-corrected chi connectivity index (χ2v) is 6.05. The van der Waals surface area contributed by atoms with Crippen molar-refractivity contribution < 1.29 is 23.5 Å². The van der Waals surface area contributed by atoms with Crippen LogP contribution >= 0.6 is 0 Å². The van der Waals surface area contributed by atoms with Crippen LogP contribution in [0, 0.1) is 11.7 Å². The topological polar surface area (TPSA) is 67.9 Å². The highest BCUT2D eigenvalue weighted by Gasteiger charge is 2.50. The Labute approximate surface area is 139 Å². The molecule has 1 aromatic rings. The number of carbonyl (C=O) groups is 2. The molecular weight excluding hydrogens is 315 g/mol. The normalized spacial score (nSPS) is 25.6. The molecule has 2 heterocycles. The predicted molar refractivity (Wildman–Crippen MR) is 84.0 cm³/mol. The Bertz CT molecular complexity index is 624. The van der Waals surface area contributed by atoms with E-state index in [1.165, 1.54) is 18.2 Å². The first kappa shape index (κ1) is 16.9. The molecule has 0 spiro atoms. The molecular formula is C17H21FN2O4. The summed E-state index contributed by atoms with van der Waals surface area (Å²) in [6, 6.07) is 5.48. The van der Waals surface area contributed by atoms with Gasteiger partial charge in [-0.2, -0.15) is 0 Å². The molecule has 2 amide bonds. The minimum Gasteiger partial charge on any atom is -0.383 e. The molecule has 3 atom stereocenters. The lowest BCUT2D eigenvalue weighted by molar-refractivity contribution is -0.127. The summed E-state index contributed by atoms with van der Waals surface area (Å²) in [4.78, 5) is 26.7. The second kappa shape index (κ2) is 7.27. The average Bonchev–Trinajstić information content (AvgIpc) is 3.16. The molecule has 6 nitrogen and oxygen atoms in total. The number of hydrogen-bond acceptors (Lipinski definition) is 4. The largest absolute Gasteiger partial charge is 0.383 e. The van der Waals surface area contributed by atoms with Gasteiger partial charge < -0.3 is 19.7 Å². The van der Waals surface area contributed by atoms with Crippen LogP contribution in [-0.2, 0) is 14.3 Å². The van der Waals surface area contributed by atoms with Crippen LogP contribution in [0.2, 0.25) is 0 Å². The van der Waals surface area contributed by atoms with E-state index >= 15 is 0 Å². The first-order valence-corrected chi connectivity index (χ1v) is 8.06. The minimum absolute atomic E-state index is 0.140. The molecule has 2 saturated heterocycles. The summed E-state index contributed by atoms with van der Waals surface area (Å²) in [7, 11) is 1.57. The molecule has 7 heteroatoms. The molecule has 0 aliphatic carbocycles. The zero-order chi connectivity index (χ0) is 17.1. The number of fused-ring (bicyclic) bond motifs is 1. The summed E-state index contributed by atoms with van der Waals surface area (Å²) in [6.45, 7) is 1.65. The fourth-order valence-corrected chi connectivity index (χ4v) is 3.43. The van der Waals surface area contributed by atoms with E-state index in [-0.39, 0.29) is 30.5 Å². The maximum Gasteiger partial charge on any atom is 0.254 e. The molecule has 1 N–H and O–H groups in total. The Balaban J connectivity index is 1.73. The van der Waals surface area contributed by atoms with E-state index in [1.54, 1.807) is 18.1 Å². The number of carbonyl (C=O) groups excluding carboxylic acids is 2. The van der Waals surface area contributed by atoms with Crippen LogP contribution < -0.4 is 5.32 Å².